The molecule has 1 atom stereocenters. The highest BCUT2D eigenvalue weighted by molar-refractivity contribution is 5.85. The lowest BCUT2D eigenvalue weighted by atomic mass is 10.2. The number of hydrogen-bond donors (Lipinski definition) is 2. The number of halogens is 1. The van der Waals surface area contributed by atoms with Crippen molar-refractivity contribution in [3.8, 4) is 0 Å². The van der Waals surface area contributed by atoms with Gasteiger partial charge in [0.25, 0.3) is 0 Å². The van der Waals surface area contributed by atoms with Crippen LogP contribution in [-0.2, 0) is 11.3 Å². The average Bonchev–Trinajstić information content (AvgIpc) is 2.73. The Kier molecular flexibility index (Phi) is 6.12. The van der Waals surface area contributed by atoms with Gasteiger partial charge >= 0.3 is 0 Å². The molecule has 100 valence electrons. The highest BCUT2D eigenvalue weighted by atomic mass is 35.5. The van der Waals surface area contributed by atoms with Gasteiger partial charge in [-0.1, -0.05) is 30.3 Å². The maximum Gasteiger partial charge on any atom is 0.234 e. The first-order valence-electron chi connectivity index (χ1n) is 6.02. The van der Waals surface area contributed by atoms with Crippen molar-refractivity contribution in [1.82, 2.24) is 10.2 Å². The summed E-state index contributed by atoms with van der Waals surface area (Å²) < 4.78 is 0. The number of hydrogen-bond acceptors (Lipinski definition) is 3. The molecular weight excluding hydrogens is 250 g/mol. The minimum Gasteiger partial charge on any atom is -0.351 e. The molecule has 1 aliphatic rings. The third-order valence-corrected chi connectivity index (χ3v) is 3.01. The zero-order chi connectivity index (χ0) is 12.1. The summed E-state index contributed by atoms with van der Waals surface area (Å²) in [4.78, 5) is 13.8. The van der Waals surface area contributed by atoms with Gasteiger partial charge in [-0.3, -0.25) is 9.69 Å². The van der Waals surface area contributed by atoms with Crippen LogP contribution in [0.5, 0.6) is 0 Å². The van der Waals surface area contributed by atoms with Crippen molar-refractivity contribution in [1.29, 1.82) is 0 Å². The molecule has 1 saturated heterocycles. The van der Waals surface area contributed by atoms with Gasteiger partial charge in [0.05, 0.1) is 6.54 Å². The summed E-state index contributed by atoms with van der Waals surface area (Å²) in [5, 5.41) is 2.92. The van der Waals surface area contributed by atoms with Gasteiger partial charge in [0.2, 0.25) is 5.91 Å². The molecule has 0 bridgehead atoms. The molecule has 0 radical (unpaired) electrons. The molecule has 2 rings (SSSR count). The van der Waals surface area contributed by atoms with Crippen LogP contribution in [0.3, 0.4) is 0 Å². The molecule has 4 nitrogen and oxygen atoms in total. The van der Waals surface area contributed by atoms with Gasteiger partial charge in [0, 0.05) is 25.7 Å². The highest BCUT2D eigenvalue weighted by Crippen LogP contribution is 2.05. The predicted molar refractivity (Wildman–Crippen MR) is 74.6 cm³/mol. The third kappa shape index (κ3) is 4.64. The fourth-order valence-electron chi connectivity index (χ4n) is 2.06. The fourth-order valence-corrected chi connectivity index (χ4v) is 2.06. The average molecular weight is 270 g/mol. The molecule has 1 aliphatic heterocycles. The van der Waals surface area contributed by atoms with Crippen molar-refractivity contribution in [2.75, 3.05) is 19.6 Å². The number of carbonyl (C=O) groups excluding carboxylic acids is 1. The summed E-state index contributed by atoms with van der Waals surface area (Å²) in [6, 6.07) is 10.2. The van der Waals surface area contributed by atoms with Gasteiger partial charge in [0.15, 0.2) is 0 Å². The summed E-state index contributed by atoms with van der Waals surface area (Å²) in [6.45, 7) is 2.82. The topological polar surface area (TPSA) is 58.4 Å². The Labute approximate surface area is 114 Å². The monoisotopic (exact) mass is 269 g/mol. The molecule has 1 aromatic rings. The Hall–Kier alpha value is -1.10. The van der Waals surface area contributed by atoms with Crippen molar-refractivity contribution in [2.24, 2.45) is 5.73 Å². The predicted octanol–water partition coefficient (Wildman–Crippen LogP) is 0.758. The lowest BCUT2D eigenvalue weighted by Gasteiger charge is -2.14. The largest absolute Gasteiger partial charge is 0.351 e. The Bertz CT molecular complexity index is 372. The minimum absolute atomic E-state index is 0. The van der Waals surface area contributed by atoms with Crippen LogP contribution in [0.1, 0.15) is 12.0 Å². The number of benzene rings is 1. The summed E-state index contributed by atoms with van der Waals surface area (Å²) >= 11 is 0. The van der Waals surface area contributed by atoms with Crippen LogP contribution < -0.4 is 11.1 Å². The maximum absolute atomic E-state index is 11.7. The van der Waals surface area contributed by atoms with Crippen LogP contribution in [0.25, 0.3) is 0 Å². The quantitative estimate of drug-likeness (QED) is 0.848. The third-order valence-electron chi connectivity index (χ3n) is 3.01. The van der Waals surface area contributed by atoms with Crippen LogP contribution in [0.4, 0.5) is 0 Å². The number of carbonyl (C=O) groups is 1. The van der Waals surface area contributed by atoms with E-state index in [0.717, 1.165) is 25.1 Å². The first-order valence-corrected chi connectivity index (χ1v) is 6.02. The van der Waals surface area contributed by atoms with Gasteiger partial charge in [-0.15, -0.1) is 12.4 Å². The number of rotatable bonds is 4. The smallest absolute Gasteiger partial charge is 0.234 e. The van der Waals surface area contributed by atoms with Crippen molar-refractivity contribution in [2.45, 2.75) is 19.0 Å². The van der Waals surface area contributed by atoms with E-state index in [2.05, 4.69) is 10.2 Å². The van der Waals surface area contributed by atoms with Gasteiger partial charge in [-0.25, -0.2) is 0 Å². The first kappa shape index (κ1) is 15.0. The maximum atomic E-state index is 11.7. The molecule has 1 heterocycles. The summed E-state index contributed by atoms with van der Waals surface area (Å²) in [5.41, 5.74) is 6.92. The zero-order valence-electron chi connectivity index (χ0n) is 10.3. The Balaban J connectivity index is 0.00000162. The van der Waals surface area contributed by atoms with E-state index in [-0.39, 0.29) is 24.4 Å². The molecule has 0 unspecified atom stereocenters. The molecular formula is C13H20ClN3O. The second-order valence-electron chi connectivity index (χ2n) is 4.55. The van der Waals surface area contributed by atoms with Crippen molar-refractivity contribution >= 4 is 18.3 Å². The number of likely N-dealkylation sites (tertiary alicyclic amines) is 1. The molecule has 3 N–H and O–H groups in total. The van der Waals surface area contributed by atoms with E-state index < -0.39 is 0 Å². The molecule has 1 aromatic carbocycles. The number of nitrogens with zero attached hydrogens (tertiary/aromatic N) is 1. The van der Waals surface area contributed by atoms with Crippen molar-refractivity contribution < 1.29 is 4.79 Å². The van der Waals surface area contributed by atoms with E-state index in [1.54, 1.807) is 0 Å². The Morgan fingerprint density at radius 3 is 2.72 bits per heavy atom. The molecule has 0 aliphatic carbocycles. The summed E-state index contributed by atoms with van der Waals surface area (Å²) in [7, 11) is 0. The standard InChI is InChI=1S/C13H19N3O.ClH/c14-12-6-7-16(9-12)10-13(17)15-8-11-4-2-1-3-5-11;/h1-5,12H,6-10,14H2,(H,15,17);1H/t12-;/m1./s1. The van der Waals surface area contributed by atoms with Crippen LogP contribution >= 0.6 is 12.4 Å². The Morgan fingerprint density at radius 2 is 2.11 bits per heavy atom. The minimum atomic E-state index is 0. The van der Waals surface area contributed by atoms with Crippen LogP contribution in [0.2, 0.25) is 0 Å². The second-order valence-corrected chi connectivity index (χ2v) is 4.55. The molecule has 1 fully saturated rings. The van der Waals surface area contributed by atoms with Gasteiger partial charge in [-0.05, 0) is 12.0 Å². The number of nitrogens with one attached hydrogen (secondary N) is 1. The van der Waals surface area contributed by atoms with E-state index in [1.807, 2.05) is 30.3 Å². The summed E-state index contributed by atoms with van der Waals surface area (Å²) in [5.74, 6) is 0.0722. The first-order chi connectivity index (χ1) is 8.24. The van der Waals surface area contributed by atoms with Crippen LogP contribution in [0.15, 0.2) is 30.3 Å². The molecule has 0 aromatic heterocycles. The van der Waals surface area contributed by atoms with Crippen LogP contribution in [0, 0.1) is 0 Å². The van der Waals surface area contributed by atoms with E-state index in [0.29, 0.717) is 13.1 Å². The zero-order valence-corrected chi connectivity index (χ0v) is 11.2. The lowest BCUT2D eigenvalue weighted by Crippen LogP contribution is -2.37. The van der Waals surface area contributed by atoms with Crippen molar-refractivity contribution in [3.63, 3.8) is 0 Å². The molecule has 18 heavy (non-hydrogen) atoms. The SMILES string of the molecule is Cl.N[C@@H]1CCN(CC(=O)NCc2ccccc2)C1. The van der Waals surface area contributed by atoms with E-state index in [1.165, 1.54) is 0 Å². The van der Waals surface area contributed by atoms with E-state index >= 15 is 0 Å². The van der Waals surface area contributed by atoms with Gasteiger partial charge in [-0.2, -0.15) is 0 Å². The van der Waals surface area contributed by atoms with Gasteiger partial charge < -0.3 is 11.1 Å². The fraction of sp³-hybridized carbons (Fsp3) is 0.462. The van der Waals surface area contributed by atoms with E-state index in [4.69, 9.17) is 5.73 Å². The normalized spacial score (nSPS) is 19.3. The Morgan fingerprint density at radius 1 is 1.39 bits per heavy atom. The molecule has 1 amide bonds. The molecule has 0 spiro atoms. The number of amides is 1. The van der Waals surface area contributed by atoms with E-state index in [9.17, 15) is 4.79 Å². The van der Waals surface area contributed by atoms with Crippen LogP contribution in [-0.4, -0.2) is 36.5 Å². The van der Waals surface area contributed by atoms with Crippen molar-refractivity contribution in [3.05, 3.63) is 35.9 Å². The summed E-state index contributed by atoms with van der Waals surface area (Å²) in [6.07, 6.45) is 0.992. The second kappa shape index (κ2) is 7.36. The lowest BCUT2D eigenvalue weighted by molar-refractivity contribution is -0.122. The van der Waals surface area contributed by atoms with Gasteiger partial charge in [0.1, 0.15) is 0 Å². The molecule has 0 saturated carbocycles. The number of nitrogens with two attached hydrogens (primary N) is 1. The molecule has 5 heteroatoms. The highest BCUT2D eigenvalue weighted by Gasteiger charge is 2.20.